The van der Waals surface area contributed by atoms with E-state index in [1.165, 1.54) is 12.1 Å². The monoisotopic (exact) mass is 325 g/mol. The van der Waals surface area contributed by atoms with Gasteiger partial charge in [-0.05, 0) is 42.9 Å². The van der Waals surface area contributed by atoms with Crippen LogP contribution in [-0.2, 0) is 11.3 Å². The van der Waals surface area contributed by atoms with Gasteiger partial charge in [-0.3, -0.25) is 4.90 Å². The summed E-state index contributed by atoms with van der Waals surface area (Å²) in [6, 6.07) is 6.52. The van der Waals surface area contributed by atoms with E-state index >= 15 is 0 Å². The van der Waals surface area contributed by atoms with E-state index in [1.807, 2.05) is 11.9 Å². The molecule has 0 bridgehead atoms. The van der Waals surface area contributed by atoms with E-state index in [4.69, 9.17) is 17.0 Å². The van der Waals surface area contributed by atoms with Crippen LogP contribution in [0.3, 0.4) is 0 Å². The van der Waals surface area contributed by atoms with Gasteiger partial charge in [0.25, 0.3) is 0 Å². The first-order valence-corrected chi connectivity index (χ1v) is 8.09. The molecule has 0 aliphatic carbocycles. The van der Waals surface area contributed by atoms with Crippen molar-refractivity contribution in [2.45, 2.75) is 13.0 Å². The summed E-state index contributed by atoms with van der Waals surface area (Å²) in [5, 5.41) is 4.01. The number of hydrogen-bond donors (Lipinski definition) is 1. The fourth-order valence-electron chi connectivity index (χ4n) is 2.39. The lowest BCUT2D eigenvalue weighted by Gasteiger charge is -2.27. The Hall–Kier alpha value is -1.24. The van der Waals surface area contributed by atoms with Crippen LogP contribution in [-0.4, -0.2) is 61.4 Å². The van der Waals surface area contributed by atoms with Crippen LogP contribution < -0.4 is 5.32 Å². The van der Waals surface area contributed by atoms with E-state index in [2.05, 4.69) is 10.2 Å². The molecule has 1 aliphatic heterocycles. The number of benzene rings is 1. The third-order valence-corrected chi connectivity index (χ3v) is 4.17. The van der Waals surface area contributed by atoms with Gasteiger partial charge in [0.05, 0.1) is 13.2 Å². The molecular weight excluding hydrogens is 301 g/mol. The van der Waals surface area contributed by atoms with Crippen molar-refractivity contribution in [2.75, 3.05) is 46.4 Å². The number of nitrogens with one attached hydrogen (secondary N) is 1. The second-order valence-corrected chi connectivity index (χ2v) is 5.91. The van der Waals surface area contributed by atoms with Crippen LogP contribution >= 0.6 is 12.2 Å². The minimum Gasteiger partial charge on any atom is -0.379 e. The standard InChI is InChI=1S/C16H24FN3OS/c1-19(13-14-3-5-15(17)6-4-14)16(22)18-7-2-8-20-9-11-21-12-10-20/h3-6H,2,7-13H2,1H3,(H,18,22). The molecule has 0 radical (unpaired) electrons. The molecule has 1 aromatic rings. The highest BCUT2D eigenvalue weighted by molar-refractivity contribution is 7.80. The van der Waals surface area contributed by atoms with Crippen molar-refractivity contribution in [1.29, 1.82) is 0 Å². The number of hydrogen-bond acceptors (Lipinski definition) is 3. The summed E-state index contributed by atoms with van der Waals surface area (Å²) in [4.78, 5) is 4.38. The zero-order valence-electron chi connectivity index (χ0n) is 13.1. The maximum atomic E-state index is 12.9. The van der Waals surface area contributed by atoms with Crippen LogP contribution in [0.5, 0.6) is 0 Å². The van der Waals surface area contributed by atoms with E-state index in [0.717, 1.165) is 56.5 Å². The molecular formula is C16H24FN3OS. The molecule has 0 spiro atoms. The van der Waals surface area contributed by atoms with Gasteiger partial charge < -0.3 is 15.0 Å². The molecule has 22 heavy (non-hydrogen) atoms. The number of halogens is 1. The molecule has 1 fully saturated rings. The zero-order chi connectivity index (χ0) is 15.8. The molecule has 0 saturated carbocycles. The molecule has 1 aromatic carbocycles. The quantitative estimate of drug-likeness (QED) is 0.637. The highest BCUT2D eigenvalue weighted by atomic mass is 32.1. The summed E-state index contributed by atoms with van der Waals surface area (Å²) in [5.41, 5.74) is 1.04. The second kappa shape index (κ2) is 9.02. The van der Waals surface area contributed by atoms with Gasteiger partial charge in [0, 0.05) is 33.2 Å². The van der Waals surface area contributed by atoms with E-state index in [9.17, 15) is 4.39 Å². The van der Waals surface area contributed by atoms with E-state index < -0.39 is 0 Å². The Bertz CT molecular complexity index is 463. The van der Waals surface area contributed by atoms with Crippen molar-refractivity contribution < 1.29 is 9.13 Å². The minimum atomic E-state index is -0.213. The van der Waals surface area contributed by atoms with Gasteiger partial charge in [-0.1, -0.05) is 12.1 Å². The summed E-state index contributed by atoms with van der Waals surface area (Å²) in [7, 11) is 1.95. The van der Waals surface area contributed by atoms with Crippen molar-refractivity contribution in [3.05, 3.63) is 35.6 Å². The van der Waals surface area contributed by atoms with Gasteiger partial charge in [-0.25, -0.2) is 4.39 Å². The Kier molecular flexibility index (Phi) is 7.02. The normalized spacial score (nSPS) is 15.5. The lowest BCUT2D eigenvalue weighted by Crippen LogP contribution is -2.40. The van der Waals surface area contributed by atoms with Crippen LogP contribution in [0.25, 0.3) is 0 Å². The Morgan fingerprint density at radius 2 is 2.00 bits per heavy atom. The maximum absolute atomic E-state index is 12.9. The van der Waals surface area contributed by atoms with Crippen molar-refractivity contribution in [3.8, 4) is 0 Å². The number of ether oxygens (including phenoxy) is 1. The van der Waals surface area contributed by atoms with Crippen LogP contribution in [0.1, 0.15) is 12.0 Å². The first kappa shape index (κ1) is 17.1. The third-order valence-electron chi connectivity index (χ3n) is 3.71. The molecule has 6 heteroatoms. The molecule has 1 aliphatic rings. The van der Waals surface area contributed by atoms with Crippen molar-refractivity contribution in [1.82, 2.24) is 15.1 Å². The maximum Gasteiger partial charge on any atom is 0.168 e. The molecule has 0 amide bonds. The highest BCUT2D eigenvalue weighted by Gasteiger charge is 2.10. The molecule has 0 unspecified atom stereocenters. The van der Waals surface area contributed by atoms with E-state index in [1.54, 1.807) is 12.1 Å². The fraction of sp³-hybridized carbons (Fsp3) is 0.562. The Morgan fingerprint density at radius 1 is 1.32 bits per heavy atom. The Labute approximate surface area is 137 Å². The summed E-state index contributed by atoms with van der Waals surface area (Å²) in [6.45, 7) is 6.34. The topological polar surface area (TPSA) is 27.7 Å². The third kappa shape index (κ3) is 5.87. The first-order chi connectivity index (χ1) is 10.6. The first-order valence-electron chi connectivity index (χ1n) is 7.68. The molecule has 1 saturated heterocycles. The van der Waals surface area contributed by atoms with Gasteiger partial charge in [-0.15, -0.1) is 0 Å². The largest absolute Gasteiger partial charge is 0.379 e. The minimum absolute atomic E-state index is 0.213. The summed E-state index contributed by atoms with van der Waals surface area (Å²) in [5.74, 6) is -0.213. The molecule has 4 nitrogen and oxygen atoms in total. The SMILES string of the molecule is CN(Cc1ccc(F)cc1)C(=S)NCCCN1CCOCC1. The highest BCUT2D eigenvalue weighted by Crippen LogP contribution is 2.05. The average Bonchev–Trinajstić information content (AvgIpc) is 2.54. The van der Waals surface area contributed by atoms with Crippen LogP contribution in [0.15, 0.2) is 24.3 Å². The van der Waals surface area contributed by atoms with Gasteiger partial charge in [0.15, 0.2) is 5.11 Å². The lowest BCUT2D eigenvalue weighted by molar-refractivity contribution is 0.0376. The predicted molar refractivity (Wildman–Crippen MR) is 90.3 cm³/mol. The van der Waals surface area contributed by atoms with Crippen molar-refractivity contribution >= 4 is 17.3 Å². The van der Waals surface area contributed by atoms with Crippen LogP contribution in [0, 0.1) is 5.82 Å². The number of nitrogens with zero attached hydrogens (tertiary/aromatic N) is 2. The average molecular weight is 325 g/mol. The second-order valence-electron chi connectivity index (χ2n) is 5.52. The lowest BCUT2D eigenvalue weighted by atomic mass is 10.2. The molecule has 0 atom stereocenters. The number of rotatable bonds is 6. The molecule has 1 N–H and O–H groups in total. The van der Waals surface area contributed by atoms with Crippen LogP contribution in [0.2, 0.25) is 0 Å². The van der Waals surface area contributed by atoms with Crippen molar-refractivity contribution in [2.24, 2.45) is 0 Å². The van der Waals surface area contributed by atoms with Gasteiger partial charge in [0.1, 0.15) is 5.82 Å². The Morgan fingerprint density at radius 3 is 2.68 bits per heavy atom. The van der Waals surface area contributed by atoms with Gasteiger partial charge >= 0.3 is 0 Å². The summed E-state index contributed by atoms with van der Waals surface area (Å²) >= 11 is 5.38. The zero-order valence-corrected chi connectivity index (χ0v) is 13.9. The van der Waals surface area contributed by atoms with E-state index in [-0.39, 0.29) is 5.82 Å². The smallest absolute Gasteiger partial charge is 0.168 e. The Balaban J connectivity index is 1.62. The van der Waals surface area contributed by atoms with Crippen molar-refractivity contribution in [3.63, 3.8) is 0 Å². The molecule has 122 valence electrons. The van der Waals surface area contributed by atoms with E-state index in [0.29, 0.717) is 6.54 Å². The number of thiocarbonyl (C=S) groups is 1. The molecule has 1 heterocycles. The summed E-state index contributed by atoms with van der Waals surface area (Å²) in [6.07, 6.45) is 1.06. The van der Waals surface area contributed by atoms with Gasteiger partial charge in [-0.2, -0.15) is 0 Å². The van der Waals surface area contributed by atoms with Gasteiger partial charge in [0.2, 0.25) is 0 Å². The molecule has 0 aromatic heterocycles. The predicted octanol–water partition coefficient (Wildman–Crippen LogP) is 1.85. The molecule has 2 rings (SSSR count). The summed E-state index contributed by atoms with van der Waals surface area (Å²) < 4.78 is 18.2. The fourth-order valence-corrected chi connectivity index (χ4v) is 2.56. The van der Waals surface area contributed by atoms with Crippen LogP contribution in [0.4, 0.5) is 4.39 Å². The number of morpholine rings is 1.